The number of aryl methyl sites for hydroxylation is 3. The van der Waals surface area contributed by atoms with Gasteiger partial charge in [-0.05, 0) is 156 Å². The molecule has 2 atom stereocenters. The summed E-state index contributed by atoms with van der Waals surface area (Å²) in [7, 11) is 0. The molecule has 2 saturated heterocycles. The lowest BCUT2D eigenvalue weighted by Gasteiger charge is -2.34. The second-order valence-corrected chi connectivity index (χ2v) is 25.1. The van der Waals surface area contributed by atoms with E-state index < -0.39 is 6.04 Å². The Labute approximate surface area is 512 Å². The molecule has 4 aromatic carbocycles. The minimum atomic E-state index is -0.455. The minimum absolute atomic E-state index is 0.0257. The van der Waals surface area contributed by atoms with E-state index in [0.717, 1.165) is 114 Å². The monoisotopic (exact) mass is 1220 g/mol. The van der Waals surface area contributed by atoms with Gasteiger partial charge in [-0.1, -0.05) is 107 Å². The Morgan fingerprint density at radius 2 is 1.34 bits per heavy atom. The summed E-state index contributed by atoms with van der Waals surface area (Å²) >= 11 is 26.9. The van der Waals surface area contributed by atoms with Gasteiger partial charge < -0.3 is 19.4 Å². The number of likely N-dealkylation sites (tertiary alicyclic amines) is 1. The smallest absolute Gasteiger partial charge is 0.226 e. The number of rotatable bonds is 25. The fraction of sp³-hybridized carbons (Fsp3) is 0.409. The summed E-state index contributed by atoms with van der Waals surface area (Å²) in [6, 6.07) is 28.2. The summed E-state index contributed by atoms with van der Waals surface area (Å²) in [5, 5.41) is 12.2. The highest BCUT2D eigenvalue weighted by molar-refractivity contribution is 7.15. The second-order valence-electron chi connectivity index (χ2n) is 22.2. The van der Waals surface area contributed by atoms with Crippen molar-refractivity contribution >= 4 is 98.9 Å². The SMILES string of the molecule is Cc1cc(/C=C2\CN(C(=O)[C@@H](CCCOCCCC(=O)CCCCN3CCN(CCCC(=O)C[C@@H]4N=C(c5ccc(Cl)cc5)c5c(sc(C)c5C)-n5c(C)nnc54)CC3)Cc3ccccc3)C/C(=C\c3ccc(Cl)c(Cl)c3)C2=O)ccc1Cl. The topological polar surface area (TPSA) is 130 Å². The number of benzene rings is 4. The van der Waals surface area contributed by atoms with Crippen LogP contribution in [-0.2, 0) is 30.3 Å². The van der Waals surface area contributed by atoms with Gasteiger partial charge in [-0.3, -0.25) is 28.7 Å². The van der Waals surface area contributed by atoms with Crippen molar-refractivity contribution in [2.24, 2.45) is 10.9 Å². The Kier molecular flexibility index (Phi) is 22.0. The number of ether oxygens (including phenoxy) is 1. The van der Waals surface area contributed by atoms with Crippen molar-refractivity contribution in [3.8, 4) is 5.00 Å². The first kappa shape index (κ1) is 61.9. The maximum atomic E-state index is 14.7. The Balaban J connectivity index is 0.675. The van der Waals surface area contributed by atoms with Crippen molar-refractivity contribution < 1.29 is 23.9 Å². The normalized spacial score (nSPS) is 17.2. The third-order valence-electron chi connectivity index (χ3n) is 16.0. The van der Waals surface area contributed by atoms with E-state index in [4.69, 9.17) is 56.1 Å². The fourth-order valence-electron chi connectivity index (χ4n) is 11.3. The van der Waals surface area contributed by atoms with Crippen molar-refractivity contribution in [1.29, 1.82) is 0 Å². The number of aromatic nitrogens is 3. The van der Waals surface area contributed by atoms with Gasteiger partial charge in [0.1, 0.15) is 28.4 Å². The van der Waals surface area contributed by atoms with E-state index in [1.54, 1.807) is 34.4 Å². The maximum absolute atomic E-state index is 14.7. The van der Waals surface area contributed by atoms with Crippen LogP contribution in [0.5, 0.6) is 0 Å². The molecule has 0 unspecified atom stereocenters. The Morgan fingerprint density at radius 1 is 0.699 bits per heavy atom. The Morgan fingerprint density at radius 3 is 2.02 bits per heavy atom. The van der Waals surface area contributed by atoms with E-state index >= 15 is 0 Å². The zero-order valence-corrected chi connectivity index (χ0v) is 51.8. The van der Waals surface area contributed by atoms with Crippen LogP contribution in [-0.4, -0.2) is 124 Å². The molecule has 0 N–H and O–H groups in total. The molecule has 12 nitrogen and oxygen atoms in total. The number of ketones is 3. The van der Waals surface area contributed by atoms with Crippen LogP contribution in [0.25, 0.3) is 17.2 Å². The molecule has 0 aliphatic carbocycles. The Bertz CT molecular complexity index is 3310. The summed E-state index contributed by atoms with van der Waals surface area (Å²) < 4.78 is 8.14. The second kappa shape index (κ2) is 29.5. The van der Waals surface area contributed by atoms with Gasteiger partial charge in [0.2, 0.25) is 5.91 Å². The summed E-state index contributed by atoms with van der Waals surface area (Å²) in [5.74, 6) is 1.42. The first-order valence-corrected chi connectivity index (χ1v) is 31.3. The van der Waals surface area contributed by atoms with E-state index in [1.807, 2.05) is 98.8 Å². The van der Waals surface area contributed by atoms with Crippen LogP contribution in [0, 0.1) is 33.6 Å². The highest BCUT2D eigenvalue weighted by Gasteiger charge is 2.35. The van der Waals surface area contributed by atoms with Crippen molar-refractivity contribution in [2.45, 2.75) is 104 Å². The summed E-state index contributed by atoms with van der Waals surface area (Å²) in [6.45, 7) is 15.1. The number of piperidine rings is 1. The Hall–Kier alpha value is -5.61. The number of carbonyl (C=O) groups is 4. The molecule has 0 spiro atoms. The highest BCUT2D eigenvalue weighted by atomic mass is 35.5. The zero-order chi connectivity index (χ0) is 58.6. The van der Waals surface area contributed by atoms with Gasteiger partial charge in [-0.2, -0.15) is 0 Å². The van der Waals surface area contributed by atoms with E-state index in [0.29, 0.717) is 95.2 Å². The molecule has 9 rings (SSSR count). The molecule has 0 saturated carbocycles. The van der Waals surface area contributed by atoms with Crippen LogP contribution < -0.4 is 0 Å². The number of halogens is 4. The molecule has 6 aromatic rings. The molecular formula is C66H73Cl4N7O5S. The van der Waals surface area contributed by atoms with E-state index in [-0.39, 0.29) is 48.7 Å². The predicted molar refractivity (Wildman–Crippen MR) is 337 cm³/mol. The molecule has 2 aromatic heterocycles. The first-order valence-electron chi connectivity index (χ1n) is 29.0. The number of piperazine rings is 1. The molecule has 3 aliphatic rings. The molecule has 2 fully saturated rings. The molecule has 1 amide bonds. The number of unbranched alkanes of at least 4 members (excludes halogenated alkanes) is 1. The summed E-state index contributed by atoms with van der Waals surface area (Å²) in [4.78, 5) is 68.6. The van der Waals surface area contributed by atoms with Gasteiger partial charge in [-0.15, -0.1) is 21.5 Å². The number of amides is 1. The lowest BCUT2D eigenvalue weighted by atomic mass is 9.90. The van der Waals surface area contributed by atoms with Crippen molar-refractivity contribution in [3.05, 3.63) is 178 Å². The van der Waals surface area contributed by atoms with Crippen LogP contribution in [0.1, 0.15) is 126 Å². The fourth-order valence-corrected chi connectivity index (χ4v) is 13.1. The number of hydrogen-bond acceptors (Lipinski definition) is 11. The van der Waals surface area contributed by atoms with Gasteiger partial charge in [-0.25, -0.2) is 0 Å². The van der Waals surface area contributed by atoms with E-state index in [2.05, 4.69) is 38.4 Å². The van der Waals surface area contributed by atoms with Gasteiger partial charge in [0.05, 0.1) is 15.8 Å². The summed E-state index contributed by atoms with van der Waals surface area (Å²) in [6.07, 6.45) is 10.6. The largest absolute Gasteiger partial charge is 0.381 e. The third-order valence-corrected chi connectivity index (χ3v) is 18.6. The third kappa shape index (κ3) is 16.4. The number of hydrogen-bond donors (Lipinski definition) is 0. The molecule has 3 aliphatic heterocycles. The van der Waals surface area contributed by atoms with Gasteiger partial charge >= 0.3 is 0 Å². The highest BCUT2D eigenvalue weighted by Crippen LogP contribution is 2.40. The lowest BCUT2D eigenvalue weighted by molar-refractivity contribution is -0.136. The van der Waals surface area contributed by atoms with Crippen LogP contribution in [0.15, 0.2) is 107 Å². The van der Waals surface area contributed by atoms with Crippen molar-refractivity contribution in [1.82, 2.24) is 29.5 Å². The number of fused-ring (bicyclic) bond motifs is 3. The molecule has 0 radical (unpaired) electrons. The number of Topliss-reactive ketones (excluding diaryl/α,β-unsaturated/α-hetero) is 3. The van der Waals surface area contributed by atoms with Gasteiger partial charge in [0.15, 0.2) is 11.6 Å². The average Bonchev–Trinajstić information content (AvgIpc) is 3.17. The molecule has 5 heterocycles. The van der Waals surface area contributed by atoms with Crippen LogP contribution in [0.4, 0.5) is 0 Å². The lowest BCUT2D eigenvalue weighted by Crippen LogP contribution is -2.46. The van der Waals surface area contributed by atoms with Crippen LogP contribution in [0.3, 0.4) is 0 Å². The predicted octanol–water partition coefficient (Wildman–Crippen LogP) is 14.2. The van der Waals surface area contributed by atoms with E-state index in [1.165, 1.54) is 4.88 Å². The molecule has 0 bridgehead atoms. The standard InChI is InChI=1S/C66H73Cl4N7O5S/c1-43-35-48(19-25-57(43)68)37-52-41-76(42-53(63(52)80)38-49-20-26-58(69)59(70)39-49)65(81)51(36-47-13-6-5-7-14-47)15-11-33-82-34-12-18-55(78)16-8-9-27-74-29-31-75(32-30-74)28-10-17-56(79)40-60-64-73-72-46(4)77(64)66-61(44(2)45(3)83-66)62(71-60)50-21-23-54(67)24-22-50/h5-7,13-14,19-26,35,37-39,51,60H,8-12,15-18,27-34,36,40-42H2,1-4H3/b52-37+,53-38+/t51-,60-/m0/s1. The number of aliphatic imine (C=N–C) groups is 1. The molecule has 436 valence electrons. The van der Waals surface area contributed by atoms with E-state index in [9.17, 15) is 19.2 Å². The van der Waals surface area contributed by atoms with Gasteiger partial charge in [0, 0.05) is 121 Å². The number of nitrogens with zero attached hydrogens (tertiary/aromatic N) is 7. The van der Waals surface area contributed by atoms with Crippen LogP contribution in [0.2, 0.25) is 20.1 Å². The minimum Gasteiger partial charge on any atom is -0.381 e. The average molecular weight is 1220 g/mol. The zero-order valence-electron chi connectivity index (χ0n) is 47.9. The van der Waals surface area contributed by atoms with Crippen molar-refractivity contribution in [3.63, 3.8) is 0 Å². The number of carbonyl (C=O) groups excluding carboxylic acids is 4. The van der Waals surface area contributed by atoms with Gasteiger partial charge in [0.25, 0.3) is 0 Å². The molecule has 83 heavy (non-hydrogen) atoms. The summed E-state index contributed by atoms with van der Waals surface area (Å²) in [5.41, 5.74) is 8.54. The van der Waals surface area contributed by atoms with Crippen LogP contribution >= 0.6 is 57.7 Å². The maximum Gasteiger partial charge on any atom is 0.226 e. The number of thiophene rings is 1. The quantitative estimate of drug-likeness (QED) is 0.0406. The first-order chi connectivity index (χ1) is 40.1. The van der Waals surface area contributed by atoms with Crippen molar-refractivity contribution in [2.75, 3.05) is 65.6 Å². The molecule has 17 heteroatoms. The molecular weight excluding hydrogens is 1140 g/mol.